The molecule has 0 saturated heterocycles. The second kappa shape index (κ2) is 10.9. The largest absolute Gasteiger partial charge is 0.494 e. The Morgan fingerprint density at radius 2 is 1.71 bits per heavy atom. The van der Waals surface area contributed by atoms with Crippen LogP contribution in [0.25, 0.3) is 0 Å². The molecule has 4 nitrogen and oxygen atoms in total. The number of nitro groups is 1. The van der Waals surface area contributed by atoms with Crippen LogP contribution in [0.3, 0.4) is 0 Å². The van der Waals surface area contributed by atoms with E-state index in [0.29, 0.717) is 12.4 Å². The van der Waals surface area contributed by atoms with Crippen LogP contribution in [0.15, 0.2) is 18.2 Å². The van der Waals surface area contributed by atoms with E-state index in [0.717, 1.165) is 18.2 Å². The third-order valence-electron chi connectivity index (χ3n) is 3.16. The maximum atomic E-state index is 10.6. The first kappa shape index (κ1) is 18.2. The van der Waals surface area contributed by atoms with Crippen LogP contribution in [0.2, 0.25) is 5.02 Å². The van der Waals surface area contributed by atoms with Gasteiger partial charge in [0, 0.05) is 17.5 Å². The summed E-state index contributed by atoms with van der Waals surface area (Å²) < 4.78 is 5.55. The summed E-state index contributed by atoms with van der Waals surface area (Å²) in [4.78, 5) is 10.1. The summed E-state index contributed by atoms with van der Waals surface area (Å²) in [5.41, 5.74) is -0.0903. The highest BCUT2D eigenvalue weighted by Gasteiger charge is 2.12. The van der Waals surface area contributed by atoms with Gasteiger partial charge in [-0.15, -0.1) is 0 Å². The molecule has 6 heteroatoms. The molecule has 0 spiro atoms. The first-order valence-electron chi connectivity index (χ1n) is 7.28. The highest BCUT2D eigenvalue weighted by Crippen LogP contribution is 2.28. The van der Waals surface area contributed by atoms with Gasteiger partial charge in [0.05, 0.1) is 11.5 Å². The first-order valence-corrected chi connectivity index (χ1v) is 8.78. The molecule has 1 aromatic rings. The quantitative estimate of drug-likeness (QED) is 0.213. The highest BCUT2D eigenvalue weighted by molar-refractivity contribution is 9.09. The Balaban J connectivity index is 2.13. The number of rotatable bonds is 11. The van der Waals surface area contributed by atoms with E-state index in [9.17, 15) is 10.1 Å². The Morgan fingerprint density at radius 3 is 2.29 bits per heavy atom. The average Bonchev–Trinajstić information content (AvgIpc) is 2.45. The van der Waals surface area contributed by atoms with Crippen LogP contribution in [0.4, 0.5) is 5.69 Å². The van der Waals surface area contributed by atoms with Gasteiger partial charge in [-0.1, -0.05) is 59.6 Å². The van der Waals surface area contributed by atoms with Crippen molar-refractivity contribution in [2.24, 2.45) is 0 Å². The van der Waals surface area contributed by atoms with Gasteiger partial charge in [0.1, 0.15) is 10.8 Å². The van der Waals surface area contributed by atoms with E-state index >= 15 is 0 Å². The molecule has 0 amide bonds. The second-order valence-electron chi connectivity index (χ2n) is 4.88. The third kappa shape index (κ3) is 7.67. The molecule has 0 heterocycles. The minimum Gasteiger partial charge on any atom is -0.494 e. The van der Waals surface area contributed by atoms with Gasteiger partial charge < -0.3 is 4.74 Å². The predicted molar refractivity (Wildman–Crippen MR) is 89.7 cm³/mol. The Morgan fingerprint density at radius 1 is 1.10 bits per heavy atom. The van der Waals surface area contributed by atoms with Gasteiger partial charge in [-0.25, -0.2) is 0 Å². The molecule has 0 aliphatic carbocycles. The smallest absolute Gasteiger partial charge is 0.288 e. The van der Waals surface area contributed by atoms with Crippen LogP contribution in [0.5, 0.6) is 5.75 Å². The summed E-state index contributed by atoms with van der Waals surface area (Å²) in [7, 11) is 0. The summed E-state index contributed by atoms with van der Waals surface area (Å²) in [6.07, 6.45) is 8.49. The standard InChI is InChI=1S/C15H21BrClNO3/c16-10-6-4-2-1-3-5-7-11-21-13-8-9-15(18(19)20)14(17)12-13/h8-9,12H,1-7,10-11H2. The van der Waals surface area contributed by atoms with E-state index in [2.05, 4.69) is 15.9 Å². The Bertz CT molecular complexity index is 443. The predicted octanol–water partition coefficient (Wildman–Crippen LogP) is 5.75. The van der Waals surface area contributed by atoms with Gasteiger partial charge in [-0.05, 0) is 18.9 Å². The van der Waals surface area contributed by atoms with Crippen molar-refractivity contribution in [1.29, 1.82) is 0 Å². The molecule has 0 unspecified atom stereocenters. The lowest BCUT2D eigenvalue weighted by molar-refractivity contribution is -0.384. The summed E-state index contributed by atoms with van der Waals surface area (Å²) >= 11 is 9.25. The zero-order chi connectivity index (χ0) is 15.5. The molecule has 0 radical (unpaired) electrons. The number of ether oxygens (including phenoxy) is 1. The fraction of sp³-hybridized carbons (Fsp3) is 0.600. The van der Waals surface area contributed by atoms with Gasteiger partial charge in [0.25, 0.3) is 5.69 Å². The van der Waals surface area contributed by atoms with Crippen LogP contribution in [-0.4, -0.2) is 16.9 Å². The van der Waals surface area contributed by atoms with Crippen LogP contribution in [-0.2, 0) is 0 Å². The number of nitro benzene ring substituents is 1. The third-order valence-corrected chi connectivity index (χ3v) is 4.03. The van der Waals surface area contributed by atoms with Crippen LogP contribution < -0.4 is 4.74 Å². The van der Waals surface area contributed by atoms with E-state index < -0.39 is 4.92 Å². The summed E-state index contributed by atoms with van der Waals surface area (Å²) in [5.74, 6) is 0.586. The van der Waals surface area contributed by atoms with Crippen molar-refractivity contribution in [3.63, 3.8) is 0 Å². The summed E-state index contributed by atoms with van der Waals surface area (Å²) in [6, 6.07) is 4.46. The number of unbranched alkanes of at least 4 members (excludes halogenated alkanes) is 6. The van der Waals surface area contributed by atoms with Crippen molar-refractivity contribution in [2.75, 3.05) is 11.9 Å². The molecular formula is C15H21BrClNO3. The van der Waals surface area contributed by atoms with E-state index in [-0.39, 0.29) is 10.7 Å². The number of hydrogen-bond donors (Lipinski definition) is 0. The van der Waals surface area contributed by atoms with Crippen LogP contribution in [0, 0.1) is 10.1 Å². The van der Waals surface area contributed by atoms with E-state index in [1.165, 1.54) is 44.2 Å². The van der Waals surface area contributed by atoms with Crippen molar-refractivity contribution in [3.05, 3.63) is 33.3 Å². The molecule has 0 aliphatic rings. The number of benzene rings is 1. The monoisotopic (exact) mass is 377 g/mol. The normalized spacial score (nSPS) is 10.6. The van der Waals surface area contributed by atoms with Crippen molar-refractivity contribution < 1.29 is 9.66 Å². The maximum absolute atomic E-state index is 10.6. The summed E-state index contributed by atoms with van der Waals surface area (Å²) in [6.45, 7) is 0.621. The van der Waals surface area contributed by atoms with Gasteiger partial charge in [-0.3, -0.25) is 10.1 Å². The Hall–Kier alpha value is -0.810. The van der Waals surface area contributed by atoms with E-state index in [4.69, 9.17) is 16.3 Å². The number of hydrogen-bond acceptors (Lipinski definition) is 3. The van der Waals surface area contributed by atoms with Gasteiger partial charge in [0.2, 0.25) is 0 Å². The van der Waals surface area contributed by atoms with Crippen molar-refractivity contribution in [2.45, 2.75) is 44.9 Å². The molecule has 0 atom stereocenters. The fourth-order valence-electron chi connectivity index (χ4n) is 2.00. The van der Waals surface area contributed by atoms with Crippen molar-refractivity contribution in [1.82, 2.24) is 0 Å². The molecule has 1 rings (SSSR count). The topological polar surface area (TPSA) is 52.4 Å². The molecule has 0 aliphatic heterocycles. The zero-order valence-electron chi connectivity index (χ0n) is 12.0. The second-order valence-corrected chi connectivity index (χ2v) is 6.08. The minimum absolute atomic E-state index is 0.0903. The van der Waals surface area contributed by atoms with Gasteiger partial charge in [-0.2, -0.15) is 0 Å². The van der Waals surface area contributed by atoms with E-state index in [1.807, 2.05) is 0 Å². The van der Waals surface area contributed by atoms with Gasteiger partial charge >= 0.3 is 0 Å². The number of nitrogens with zero attached hydrogens (tertiary/aromatic N) is 1. The van der Waals surface area contributed by atoms with Gasteiger partial charge in [0.15, 0.2) is 0 Å². The number of alkyl halides is 1. The van der Waals surface area contributed by atoms with Crippen molar-refractivity contribution in [3.8, 4) is 5.75 Å². The lowest BCUT2D eigenvalue weighted by Crippen LogP contribution is -1.98. The maximum Gasteiger partial charge on any atom is 0.288 e. The molecule has 21 heavy (non-hydrogen) atoms. The fourth-order valence-corrected chi connectivity index (χ4v) is 2.63. The Labute approximate surface area is 139 Å². The lowest BCUT2D eigenvalue weighted by Gasteiger charge is -2.06. The molecule has 118 valence electrons. The van der Waals surface area contributed by atoms with E-state index in [1.54, 1.807) is 6.07 Å². The van der Waals surface area contributed by atoms with Crippen molar-refractivity contribution >= 4 is 33.2 Å². The average molecular weight is 379 g/mol. The van der Waals surface area contributed by atoms with Crippen LogP contribution >= 0.6 is 27.5 Å². The lowest BCUT2D eigenvalue weighted by atomic mass is 10.1. The molecule has 0 N–H and O–H groups in total. The molecule has 0 bridgehead atoms. The Kier molecular flexibility index (Phi) is 9.42. The molecule has 1 aromatic carbocycles. The molecule has 0 fully saturated rings. The highest BCUT2D eigenvalue weighted by atomic mass is 79.9. The van der Waals surface area contributed by atoms with Crippen LogP contribution in [0.1, 0.15) is 44.9 Å². The molecular weight excluding hydrogens is 358 g/mol. The first-order chi connectivity index (χ1) is 10.1. The number of halogens is 2. The summed E-state index contributed by atoms with van der Waals surface area (Å²) in [5, 5.41) is 11.8. The SMILES string of the molecule is O=[N+]([O-])c1ccc(OCCCCCCCCCBr)cc1Cl. The zero-order valence-corrected chi connectivity index (χ0v) is 14.4. The molecule has 0 aromatic heterocycles. The minimum atomic E-state index is -0.498. The molecule has 0 saturated carbocycles.